The molecule has 0 fully saturated rings. The fraction of sp³-hybridized carbons (Fsp3) is 0.115. The molecule has 1 heterocycles. The van der Waals surface area contributed by atoms with Gasteiger partial charge in [-0.25, -0.2) is 9.37 Å². The molecular formula is C26H21BrFN3O2S2. The van der Waals surface area contributed by atoms with E-state index in [2.05, 4.69) is 31.5 Å². The number of nitrogens with one attached hydrogen (secondary N) is 2. The van der Waals surface area contributed by atoms with Gasteiger partial charge in [-0.1, -0.05) is 53.2 Å². The van der Waals surface area contributed by atoms with E-state index in [1.807, 2.05) is 42.6 Å². The first-order valence-electron chi connectivity index (χ1n) is 10.8. The second-order valence-corrected chi connectivity index (χ2v) is 10.6. The number of carbonyl (C=O) groups excluding carboxylic acids is 2. The third kappa shape index (κ3) is 6.56. The molecule has 1 aromatic heterocycles. The highest BCUT2D eigenvalue weighted by atomic mass is 79.9. The molecule has 0 aliphatic rings. The second kappa shape index (κ2) is 11.6. The number of hydrogen-bond donors (Lipinski definition) is 2. The van der Waals surface area contributed by atoms with Crippen LogP contribution in [0.1, 0.15) is 23.7 Å². The molecule has 2 N–H and O–H groups in total. The van der Waals surface area contributed by atoms with E-state index in [9.17, 15) is 14.0 Å². The van der Waals surface area contributed by atoms with E-state index in [1.54, 1.807) is 24.3 Å². The predicted molar refractivity (Wildman–Crippen MR) is 145 cm³/mol. The molecular weight excluding hydrogens is 549 g/mol. The number of nitrogens with zero attached hydrogens (tertiary/aromatic N) is 1. The van der Waals surface area contributed by atoms with Gasteiger partial charge in [-0.2, -0.15) is 0 Å². The van der Waals surface area contributed by atoms with Crippen LogP contribution in [0, 0.1) is 5.82 Å². The summed E-state index contributed by atoms with van der Waals surface area (Å²) in [4.78, 5) is 30.7. The number of rotatable bonds is 8. The second-order valence-electron chi connectivity index (χ2n) is 7.51. The summed E-state index contributed by atoms with van der Waals surface area (Å²) in [7, 11) is 0. The van der Waals surface area contributed by atoms with E-state index in [4.69, 9.17) is 0 Å². The van der Waals surface area contributed by atoms with Crippen molar-refractivity contribution in [3.8, 4) is 11.3 Å². The first-order valence-corrected chi connectivity index (χ1v) is 13.3. The fourth-order valence-electron chi connectivity index (χ4n) is 3.25. The molecule has 5 nitrogen and oxygen atoms in total. The number of aromatic nitrogens is 1. The number of carbonyl (C=O) groups is 2. The van der Waals surface area contributed by atoms with Gasteiger partial charge in [0.1, 0.15) is 5.82 Å². The lowest BCUT2D eigenvalue weighted by Crippen LogP contribution is -2.24. The summed E-state index contributed by atoms with van der Waals surface area (Å²) in [6.45, 7) is 1.94. The van der Waals surface area contributed by atoms with Crippen molar-refractivity contribution in [3.05, 3.63) is 94.0 Å². The number of amides is 2. The minimum Gasteiger partial charge on any atom is -0.322 e. The Labute approximate surface area is 219 Å². The van der Waals surface area contributed by atoms with Crippen LogP contribution in [0.15, 0.2) is 87.5 Å². The number of thiazole rings is 1. The topological polar surface area (TPSA) is 71.1 Å². The predicted octanol–water partition coefficient (Wildman–Crippen LogP) is 7.47. The molecule has 2 amide bonds. The SMILES string of the molecule is CCC(Sc1cccc(NC(=O)c2ccccc2F)c1)C(=O)Nc1nc(-c2ccc(Br)cc2)cs1. The normalized spacial score (nSPS) is 11.6. The zero-order valence-electron chi connectivity index (χ0n) is 18.6. The molecule has 0 bridgehead atoms. The molecule has 0 saturated heterocycles. The molecule has 178 valence electrons. The molecule has 1 unspecified atom stereocenters. The monoisotopic (exact) mass is 569 g/mol. The van der Waals surface area contributed by atoms with E-state index in [-0.39, 0.29) is 16.7 Å². The Kier molecular flexibility index (Phi) is 8.33. The lowest BCUT2D eigenvalue weighted by Gasteiger charge is -2.14. The largest absolute Gasteiger partial charge is 0.322 e. The van der Waals surface area contributed by atoms with Gasteiger partial charge in [0.15, 0.2) is 5.13 Å². The van der Waals surface area contributed by atoms with Crippen LogP contribution in [0.4, 0.5) is 15.2 Å². The number of anilines is 2. The Balaban J connectivity index is 1.40. The van der Waals surface area contributed by atoms with Gasteiger partial charge in [0.05, 0.1) is 16.5 Å². The van der Waals surface area contributed by atoms with Crippen LogP contribution in [0.25, 0.3) is 11.3 Å². The summed E-state index contributed by atoms with van der Waals surface area (Å²) in [5, 5.41) is 7.73. The summed E-state index contributed by atoms with van der Waals surface area (Å²) in [6.07, 6.45) is 0.604. The van der Waals surface area contributed by atoms with Gasteiger partial charge in [-0.05, 0) is 48.9 Å². The quantitative estimate of drug-likeness (QED) is 0.216. The number of halogens is 2. The van der Waals surface area contributed by atoms with Gasteiger partial charge in [-0.15, -0.1) is 23.1 Å². The van der Waals surface area contributed by atoms with E-state index >= 15 is 0 Å². The van der Waals surface area contributed by atoms with Gasteiger partial charge >= 0.3 is 0 Å². The Bertz CT molecular complexity index is 1340. The maximum atomic E-state index is 13.9. The molecule has 1 atom stereocenters. The maximum Gasteiger partial charge on any atom is 0.258 e. The first-order chi connectivity index (χ1) is 16.9. The average Bonchev–Trinajstić information content (AvgIpc) is 3.31. The van der Waals surface area contributed by atoms with Crippen LogP contribution >= 0.6 is 39.0 Å². The van der Waals surface area contributed by atoms with Crippen molar-refractivity contribution in [1.82, 2.24) is 4.98 Å². The highest BCUT2D eigenvalue weighted by Crippen LogP contribution is 2.30. The first kappa shape index (κ1) is 25.1. The van der Waals surface area contributed by atoms with Crippen LogP contribution in [0.2, 0.25) is 0 Å². The third-order valence-electron chi connectivity index (χ3n) is 5.03. The summed E-state index contributed by atoms with van der Waals surface area (Å²) in [6, 6.07) is 20.8. The van der Waals surface area contributed by atoms with E-state index in [0.29, 0.717) is 17.2 Å². The minimum absolute atomic E-state index is 0.0256. The Morgan fingerprint density at radius 2 is 1.83 bits per heavy atom. The number of hydrogen-bond acceptors (Lipinski definition) is 5. The van der Waals surface area contributed by atoms with Crippen molar-refractivity contribution in [2.45, 2.75) is 23.5 Å². The van der Waals surface area contributed by atoms with Crippen LogP contribution < -0.4 is 10.6 Å². The molecule has 0 aliphatic carbocycles. The molecule has 0 saturated carbocycles. The Morgan fingerprint density at radius 3 is 2.57 bits per heavy atom. The van der Waals surface area contributed by atoms with Crippen molar-refractivity contribution < 1.29 is 14.0 Å². The highest BCUT2D eigenvalue weighted by molar-refractivity contribution is 9.10. The summed E-state index contributed by atoms with van der Waals surface area (Å²) in [5.41, 5.74) is 2.28. The van der Waals surface area contributed by atoms with Crippen molar-refractivity contribution in [2.75, 3.05) is 10.6 Å². The summed E-state index contributed by atoms with van der Waals surface area (Å²) < 4.78 is 14.9. The van der Waals surface area contributed by atoms with Crippen molar-refractivity contribution in [1.29, 1.82) is 0 Å². The Hall–Kier alpha value is -3.01. The van der Waals surface area contributed by atoms with E-state index in [1.165, 1.54) is 41.3 Å². The number of thioether (sulfide) groups is 1. The van der Waals surface area contributed by atoms with Crippen LogP contribution in [0.5, 0.6) is 0 Å². The van der Waals surface area contributed by atoms with Gasteiger partial charge < -0.3 is 10.6 Å². The van der Waals surface area contributed by atoms with Crippen LogP contribution in [0.3, 0.4) is 0 Å². The molecule has 0 spiro atoms. The minimum atomic E-state index is -0.580. The third-order valence-corrected chi connectivity index (χ3v) is 7.67. The molecule has 0 radical (unpaired) electrons. The smallest absolute Gasteiger partial charge is 0.258 e. The molecule has 4 rings (SSSR count). The van der Waals surface area contributed by atoms with Crippen molar-refractivity contribution >= 4 is 61.7 Å². The average molecular weight is 571 g/mol. The molecule has 0 aliphatic heterocycles. The van der Waals surface area contributed by atoms with Gasteiger partial charge in [0.25, 0.3) is 5.91 Å². The lowest BCUT2D eigenvalue weighted by atomic mass is 10.2. The molecule has 35 heavy (non-hydrogen) atoms. The fourth-order valence-corrected chi connectivity index (χ4v) is 5.25. The zero-order valence-corrected chi connectivity index (χ0v) is 21.8. The zero-order chi connectivity index (χ0) is 24.8. The molecule has 9 heteroatoms. The van der Waals surface area contributed by atoms with Crippen LogP contribution in [-0.2, 0) is 4.79 Å². The standard InChI is InChI=1S/C26H21BrFN3O2S2/c1-2-23(25(33)31-26-30-22(15-34-26)16-10-12-17(27)13-11-16)35-19-7-5-6-18(14-19)29-24(32)20-8-3-4-9-21(20)28/h3-15,23H,2H2,1H3,(H,29,32)(H,30,31,33). The molecule has 3 aromatic carbocycles. The van der Waals surface area contributed by atoms with E-state index < -0.39 is 11.7 Å². The van der Waals surface area contributed by atoms with Gasteiger partial charge in [0.2, 0.25) is 5.91 Å². The summed E-state index contributed by atoms with van der Waals surface area (Å²) >= 11 is 6.20. The van der Waals surface area contributed by atoms with Crippen LogP contribution in [-0.4, -0.2) is 22.0 Å². The van der Waals surface area contributed by atoms with Crippen molar-refractivity contribution in [3.63, 3.8) is 0 Å². The van der Waals surface area contributed by atoms with E-state index in [0.717, 1.165) is 20.6 Å². The summed E-state index contributed by atoms with van der Waals surface area (Å²) in [5.74, 6) is -1.25. The number of benzene rings is 3. The Morgan fingerprint density at radius 1 is 1.06 bits per heavy atom. The molecule has 4 aromatic rings. The van der Waals surface area contributed by atoms with Gasteiger partial charge in [0, 0.05) is 26.0 Å². The highest BCUT2D eigenvalue weighted by Gasteiger charge is 2.20. The lowest BCUT2D eigenvalue weighted by molar-refractivity contribution is -0.115. The van der Waals surface area contributed by atoms with Crippen molar-refractivity contribution in [2.24, 2.45) is 0 Å². The maximum absolute atomic E-state index is 13.9. The van der Waals surface area contributed by atoms with Gasteiger partial charge in [-0.3, -0.25) is 9.59 Å².